The summed E-state index contributed by atoms with van der Waals surface area (Å²) in [5, 5.41) is 11.6. The molecule has 2 aromatic carbocycles. The van der Waals surface area contributed by atoms with E-state index in [1.165, 1.54) is 11.8 Å². The van der Waals surface area contributed by atoms with Crippen molar-refractivity contribution in [1.29, 1.82) is 0 Å². The fourth-order valence-corrected chi connectivity index (χ4v) is 2.90. The van der Waals surface area contributed by atoms with Crippen molar-refractivity contribution in [2.24, 2.45) is 0 Å². The molecule has 0 spiro atoms. The number of amides is 1. The van der Waals surface area contributed by atoms with Crippen molar-refractivity contribution in [3.8, 4) is 5.75 Å². The van der Waals surface area contributed by atoms with Gasteiger partial charge in [-0.15, -0.1) is 10.2 Å². The fraction of sp³-hybridized carbons (Fsp3) is 0.211. The standard InChI is InChI=1S/C19H19ClN4O3S/c1-24(2)15-7-5-14(6-8-15)21-17(25)12-28-19-23-22-18(27-19)11-26-16-9-3-13(20)4-10-16/h3-10H,11-12H2,1-2H3,(H,21,25). The number of thioether (sulfide) groups is 1. The van der Waals surface area contributed by atoms with Gasteiger partial charge in [0.05, 0.1) is 5.75 Å². The van der Waals surface area contributed by atoms with Gasteiger partial charge in [-0.3, -0.25) is 4.79 Å². The first kappa shape index (κ1) is 20.0. The van der Waals surface area contributed by atoms with E-state index in [1.807, 2.05) is 43.3 Å². The number of carbonyl (C=O) groups is 1. The summed E-state index contributed by atoms with van der Waals surface area (Å²) in [7, 11) is 3.92. The molecule has 0 fully saturated rings. The molecule has 0 saturated heterocycles. The van der Waals surface area contributed by atoms with Crippen LogP contribution < -0.4 is 15.0 Å². The largest absolute Gasteiger partial charge is 0.484 e. The molecule has 0 aliphatic heterocycles. The van der Waals surface area contributed by atoms with Crippen LogP contribution in [0.1, 0.15) is 5.89 Å². The maximum Gasteiger partial charge on any atom is 0.277 e. The van der Waals surface area contributed by atoms with Crippen molar-refractivity contribution in [3.63, 3.8) is 0 Å². The van der Waals surface area contributed by atoms with E-state index in [-0.39, 0.29) is 18.3 Å². The van der Waals surface area contributed by atoms with Crippen LogP contribution in [-0.4, -0.2) is 36.0 Å². The van der Waals surface area contributed by atoms with Gasteiger partial charge >= 0.3 is 0 Å². The van der Waals surface area contributed by atoms with Crippen LogP contribution >= 0.6 is 23.4 Å². The molecule has 1 aromatic heterocycles. The van der Waals surface area contributed by atoms with E-state index in [0.717, 1.165) is 11.4 Å². The Morgan fingerprint density at radius 3 is 2.54 bits per heavy atom. The number of anilines is 2. The average Bonchev–Trinajstić information content (AvgIpc) is 3.14. The zero-order valence-corrected chi connectivity index (χ0v) is 17.0. The number of rotatable bonds is 8. The molecule has 3 aromatic rings. The smallest absolute Gasteiger partial charge is 0.277 e. The molecular formula is C19H19ClN4O3S. The molecule has 0 aliphatic rings. The summed E-state index contributed by atoms with van der Waals surface area (Å²) >= 11 is 7.00. The molecule has 0 bridgehead atoms. The second-order valence-corrected chi connectivity index (χ2v) is 7.35. The molecule has 1 N–H and O–H groups in total. The molecule has 0 radical (unpaired) electrons. The van der Waals surface area contributed by atoms with Gasteiger partial charge in [-0.2, -0.15) is 0 Å². The lowest BCUT2D eigenvalue weighted by atomic mass is 10.2. The van der Waals surface area contributed by atoms with Crippen molar-refractivity contribution < 1.29 is 13.9 Å². The minimum atomic E-state index is -0.153. The first-order chi connectivity index (χ1) is 13.5. The van der Waals surface area contributed by atoms with Crippen molar-refractivity contribution in [2.75, 3.05) is 30.1 Å². The Balaban J connectivity index is 1.44. The summed E-state index contributed by atoms with van der Waals surface area (Å²) in [4.78, 5) is 14.1. The Kier molecular flexibility index (Phi) is 6.78. The molecule has 0 unspecified atom stereocenters. The number of ether oxygens (including phenoxy) is 1. The van der Waals surface area contributed by atoms with E-state index >= 15 is 0 Å². The topological polar surface area (TPSA) is 80.5 Å². The lowest BCUT2D eigenvalue weighted by molar-refractivity contribution is -0.113. The minimum absolute atomic E-state index is 0.139. The average molecular weight is 419 g/mol. The van der Waals surface area contributed by atoms with Crippen LogP contribution in [0.25, 0.3) is 0 Å². The van der Waals surface area contributed by atoms with Gasteiger partial charge in [-0.25, -0.2) is 0 Å². The number of benzene rings is 2. The van der Waals surface area contributed by atoms with Gasteiger partial charge in [0.2, 0.25) is 5.91 Å². The summed E-state index contributed by atoms with van der Waals surface area (Å²) in [6.45, 7) is 0.139. The molecule has 0 saturated carbocycles. The van der Waals surface area contributed by atoms with E-state index in [0.29, 0.717) is 21.9 Å². The molecule has 28 heavy (non-hydrogen) atoms. The Morgan fingerprint density at radius 1 is 1.14 bits per heavy atom. The summed E-state index contributed by atoms with van der Waals surface area (Å²) < 4.78 is 11.0. The van der Waals surface area contributed by atoms with Gasteiger partial charge in [-0.05, 0) is 48.5 Å². The summed E-state index contributed by atoms with van der Waals surface area (Å²) in [5.41, 5.74) is 1.80. The highest BCUT2D eigenvalue weighted by Crippen LogP contribution is 2.20. The zero-order valence-electron chi connectivity index (χ0n) is 15.4. The van der Waals surface area contributed by atoms with Crippen molar-refractivity contribution in [3.05, 3.63) is 59.4 Å². The van der Waals surface area contributed by atoms with Gasteiger partial charge < -0.3 is 19.4 Å². The van der Waals surface area contributed by atoms with Gasteiger partial charge in [0.1, 0.15) is 5.75 Å². The van der Waals surface area contributed by atoms with Crippen LogP contribution in [0.5, 0.6) is 5.75 Å². The molecular weight excluding hydrogens is 400 g/mol. The van der Waals surface area contributed by atoms with Gasteiger partial charge in [0.15, 0.2) is 6.61 Å². The fourth-order valence-electron chi connectivity index (χ4n) is 2.20. The molecule has 0 atom stereocenters. The molecule has 146 valence electrons. The zero-order chi connectivity index (χ0) is 19.9. The second-order valence-electron chi connectivity index (χ2n) is 5.98. The number of carbonyl (C=O) groups excluding carboxylic acids is 1. The number of hydrogen-bond donors (Lipinski definition) is 1. The van der Waals surface area contributed by atoms with E-state index in [9.17, 15) is 4.79 Å². The Labute approximate surface area is 172 Å². The first-order valence-corrected chi connectivity index (χ1v) is 9.77. The van der Waals surface area contributed by atoms with E-state index in [4.69, 9.17) is 20.8 Å². The lowest BCUT2D eigenvalue weighted by Crippen LogP contribution is -2.14. The van der Waals surface area contributed by atoms with Crippen molar-refractivity contribution in [1.82, 2.24) is 10.2 Å². The Hall–Kier alpha value is -2.71. The first-order valence-electron chi connectivity index (χ1n) is 8.40. The van der Waals surface area contributed by atoms with Crippen LogP contribution in [0.15, 0.2) is 58.2 Å². The normalized spacial score (nSPS) is 10.5. The third-order valence-electron chi connectivity index (χ3n) is 3.62. The molecule has 0 aliphatic carbocycles. The van der Waals surface area contributed by atoms with Crippen LogP contribution in [0, 0.1) is 0 Å². The van der Waals surface area contributed by atoms with Crippen LogP contribution in [-0.2, 0) is 11.4 Å². The van der Waals surface area contributed by atoms with E-state index in [1.54, 1.807) is 24.3 Å². The molecule has 1 heterocycles. The predicted molar refractivity (Wildman–Crippen MR) is 110 cm³/mol. The third-order valence-corrected chi connectivity index (χ3v) is 4.69. The minimum Gasteiger partial charge on any atom is -0.484 e. The second kappa shape index (κ2) is 9.48. The highest BCUT2D eigenvalue weighted by molar-refractivity contribution is 7.99. The predicted octanol–water partition coefficient (Wildman–Crippen LogP) is 4.10. The number of aromatic nitrogens is 2. The maximum atomic E-state index is 12.1. The summed E-state index contributed by atoms with van der Waals surface area (Å²) in [5.74, 6) is 0.989. The maximum absolute atomic E-state index is 12.1. The van der Waals surface area contributed by atoms with E-state index in [2.05, 4.69) is 15.5 Å². The molecule has 7 nitrogen and oxygen atoms in total. The quantitative estimate of drug-likeness (QED) is 0.551. The summed E-state index contributed by atoms with van der Waals surface area (Å²) in [6, 6.07) is 14.6. The van der Waals surface area contributed by atoms with Crippen molar-refractivity contribution >= 4 is 40.6 Å². The Morgan fingerprint density at radius 2 is 1.86 bits per heavy atom. The number of nitrogens with zero attached hydrogens (tertiary/aromatic N) is 3. The number of nitrogens with one attached hydrogen (secondary N) is 1. The van der Waals surface area contributed by atoms with Gasteiger partial charge in [0, 0.05) is 30.5 Å². The van der Waals surface area contributed by atoms with Crippen molar-refractivity contribution in [2.45, 2.75) is 11.8 Å². The van der Waals surface area contributed by atoms with Gasteiger partial charge in [0.25, 0.3) is 11.1 Å². The molecule has 9 heteroatoms. The highest BCUT2D eigenvalue weighted by Gasteiger charge is 2.11. The van der Waals surface area contributed by atoms with Crippen LogP contribution in [0.2, 0.25) is 5.02 Å². The van der Waals surface area contributed by atoms with Crippen LogP contribution in [0.3, 0.4) is 0 Å². The number of halogens is 1. The SMILES string of the molecule is CN(C)c1ccc(NC(=O)CSc2nnc(COc3ccc(Cl)cc3)o2)cc1. The summed E-state index contributed by atoms with van der Waals surface area (Å²) in [6.07, 6.45) is 0. The number of hydrogen-bond acceptors (Lipinski definition) is 7. The third kappa shape index (κ3) is 5.90. The van der Waals surface area contributed by atoms with E-state index < -0.39 is 0 Å². The highest BCUT2D eigenvalue weighted by atomic mass is 35.5. The van der Waals surface area contributed by atoms with Crippen LogP contribution in [0.4, 0.5) is 11.4 Å². The molecule has 3 rings (SSSR count). The monoisotopic (exact) mass is 418 g/mol. The Bertz CT molecular complexity index is 914. The van der Waals surface area contributed by atoms with Gasteiger partial charge in [-0.1, -0.05) is 23.4 Å². The lowest BCUT2D eigenvalue weighted by Gasteiger charge is -2.12. The molecule has 1 amide bonds.